The number of nitrogens with zero attached hydrogens (tertiary/aromatic N) is 3. The maximum Gasteiger partial charge on any atom is 0.267 e. The molecule has 0 radical (unpaired) electrons. The maximum atomic E-state index is 13.0. The predicted molar refractivity (Wildman–Crippen MR) is 122 cm³/mol. The molecule has 0 saturated heterocycles. The Balaban J connectivity index is 1.90. The fourth-order valence-electron chi connectivity index (χ4n) is 3.46. The van der Waals surface area contributed by atoms with Crippen molar-refractivity contribution in [2.45, 2.75) is 16.6 Å². The Morgan fingerprint density at radius 3 is 2.53 bits per heavy atom. The molecule has 30 heavy (non-hydrogen) atoms. The highest BCUT2D eigenvalue weighted by atomic mass is 32.2. The highest BCUT2D eigenvalue weighted by Crippen LogP contribution is 2.45. The summed E-state index contributed by atoms with van der Waals surface area (Å²) < 4.78 is 8.32. The number of thioether (sulfide) groups is 1. The van der Waals surface area contributed by atoms with Crippen molar-refractivity contribution in [2.75, 3.05) is 7.11 Å². The molecule has 6 nitrogen and oxygen atoms in total. The van der Waals surface area contributed by atoms with Gasteiger partial charge in [-0.3, -0.25) is 18.9 Å². The first-order valence-electron chi connectivity index (χ1n) is 9.37. The van der Waals surface area contributed by atoms with Crippen LogP contribution in [0.15, 0.2) is 63.2 Å². The molecule has 1 N–H and O–H groups in total. The molecule has 0 aliphatic carbocycles. The molecule has 0 amide bonds. The molecule has 2 aromatic carbocycles. The van der Waals surface area contributed by atoms with E-state index in [9.17, 15) is 9.90 Å². The minimum Gasteiger partial charge on any atom is -0.497 e. The van der Waals surface area contributed by atoms with Gasteiger partial charge in [0, 0.05) is 30.7 Å². The summed E-state index contributed by atoms with van der Waals surface area (Å²) in [4.78, 5) is 18.9. The first-order valence-corrected chi connectivity index (χ1v) is 10.7. The number of aromatic hydroxyl groups is 1. The van der Waals surface area contributed by atoms with Gasteiger partial charge < -0.3 is 9.84 Å². The van der Waals surface area contributed by atoms with E-state index >= 15 is 0 Å². The van der Waals surface area contributed by atoms with Gasteiger partial charge in [-0.2, -0.15) is 0 Å². The van der Waals surface area contributed by atoms with E-state index in [1.54, 1.807) is 33.0 Å². The van der Waals surface area contributed by atoms with Crippen LogP contribution in [0, 0.1) is 4.77 Å². The zero-order chi connectivity index (χ0) is 21.4. The number of fused-ring (bicyclic) bond motifs is 1. The molecule has 3 aromatic rings. The average molecular weight is 440 g/mol. The number of para-hydroxylation sites is 1. The van der Waals surface area contributed by atoms with Crippen LogP contribution in [0.1, 0.15) is 22.8 Å². The number of benzene rings is 2. The monoisotopic (exact) mass is 439 g/mol. The van der Waals surface area contributed by atoms with E-state index in [4.69, 9.17) is 21.9 Å². The van der Waals surface area contributed by atoms with Crippen molar-refractivity contribution in [1.29, 1.82) is 0 Å². The SMILES string of the molecule is COc1ccc([C@@H]2CC(c3c(O)n(C)c(=S)n(C)c3=O)=Nc3ccccc3S2)cc1. The third kappa shape index (κ3) is 3.57. The fraction of sp³-hybridized carbons (Fsp3) is 0.227. The summed E-state index contributed by atoms with van der Waals surface area (Å²) in [5, 5.41) is 10.8. The van der Waals surface area contributed by atoms with E-state index in [-0.39, 0.29) is 27.0 Å². The molecule has 4 rings (SSSR count). The third-order valence-electron chi connectivity index (χ3n) is 5.18. The number of methoxy groups -OCH3 is 1. The number of aromatic nitrogens is 2. The van der Waals surface area contributed by atoms with Gasteiger partial charge in [0.05, 0.1) is 18.5 Å². The van der Waals surface area contributed by atoms with E-state index < -0.39 is 0 Å². The highest BCUT2D eigenvalue weighted by Gasteiger charge is 2.27. The standard InChI is InChI=1S/C22H21N3O3S2/c1-24-20(26)19(21(27)25(2)22(24)29)16-12-18(13-8-10-14(28-3)11-9-13)30-17-7-5-4-6-15(17)23-16/h4-11,18,26H,12H2,1-3H3/t18-/m0/s1. The zero-order valence-electron chi connectivity index (χ0n) is 16.8. The van der Waals surface area contributed by atoms with Crippen LogP contribution in [-0.4, -0.2) is 27.1 Å². The fourth-order valence-corrected chi connectivity index (χ4v) is 4.86. The topological polar surface area (TPSA) is 68.8 Å². The van der Waals surface area contributed by atoms with Gasteiger partial charge in [-0.1, -0.05) is 24.3 Å². The summed E-state index contributed by atoms with van der Waals surface area (Å²) in [5.74, 6) is 0.617. The van der Waals surface area contributed by atoms with Gasteiger partial charge in [0.15, 0.2) is 4.77 Å². The molecule has 1 aliphatic rings. The van der Waals surface area contributed by atoms with Crippen molar-refractivity contribution < 1.29 is 9.84 Å². The van der Waals surface area contributed by atoms with Gasteiger partial charge in [-0.15, -0.1) is 11.8 Å². The summed E-state index contributed by atoms with van der Waals surface area (Å²) in [5.41, 5.74) is 2.24. The Bertz CT molecular complexity index is 1260. The summed E-state index contributed by atoms with van der Waals surface area (Å²) in [6.45, 7) is 0. The number of ether oxygens (including phenoxy) is 1. The van der Waals surface area contributed by atoms with Gasteiger partial charge in [0.25, 0.3) is 5.56 Å². The second kappa shape index (κ2) is 8.12. The Hall–Kier alpha value is -2.84. The van der Waals surface area contributed by atoms with Crippen molar-refractivity contribution in [3.63, 3.8) is 0 Å². The van der Waals surface area contributed by atoms with Crippen molar-refractivity contribution in [3.8, 4) is 11.6 Å². The number of hydrogen-bond acceptors (Lipinski definition) is 6. The van der Waals surface area contributed by atoms with Crippen LogP contribution in [0.25, 0.3) is 0 Å². The quantitative estimate of drug-likeness (QED) is 0.608. The van der Waals surface area contributed by atoms with Crippen LogP contribution in [0.4, 0.5) is 5.69 Å². The predicted octanol–water partition coefficient (Wildman–Crippen LogP) is 4.53. The molecule has 0 unspecified atom stereocenters. The Labute approximate surface area is 183 Å². The van der Waals surface area contributed by atoms with Crippen LogP contribution in [0.5, 0.6) is 11.6 Å². The molecule has 1 aliphatic heterocycles. The van der Waals surface area contributed by atoms with E-state index in [1.165, 1.54) is 9.13 Å². The smallest absolute Gasteiger partial charge is 0.267 e. The van der Waals surface area contributed by atoms with Crippen molar-refractivity contribution >= 4 is 35.4 Å². The zero-order valence-corrected chi connectivity index (χ0v) is 18.5. The first-order chi connectivity index (χ1) is 14.4. The summed E-state index contributed by atoms with van der Waals surface area (Å²) in [6.07, 6.45) is 0.477. The molecule has 0 fully saturated rings. The molecule has 2 heterocycles. The van der Waals surface area contributed by atoms with Crippen molar-refractivity contribution in [3.05, 3.63) is 74.8 Å². The lowest BCUT2D eigenvalue weighted by molar-refractivity contribution is 0.414. The second-order valence-electron chi connectivity index (χ2n) is 7.01. The van der Waals surface area contributed by atoms with Crippen LogP contribution in [0.2, 0.25) is 0 Å². The van der Waals surface area contributed by atoms with Crippen molar-refractivity contribution in [2.24, 2.45) is 19.1 Å². The van der Waals surface area contributed by atoms with Gasteiger partial charge in [0.1, 0.15) is 11.3 Å². The highest BCUT2D eigenvalue weighted by molar-refractivity contribution is 7.99. The number of aliphatic imine (C=N–C) groups is 1. The molecule has 0 bridgehead atoms. The minimum absolute atomic E-state index is 0.0101. The molecule has 0 saturated carbocycles. The van der Waals surface area contributed by atoms with E-state index in [2.05, 4.69) is 0 Å². The Morgan fingerprint density at radius 2 is 1.83 bits per heavy atom. The normalized spacial score (nSPS) is 15.8. The minimum atomic E-state index is -0.354. The van der Waals surface area contributed by atoms with Crippen LogP contribution in [-0.2, 0) is 14.1 Å². The average Bonchev–Trinajstić information content (AvgIpc) is 2.96. The molecular formula is C22H21N3O3S2. The van der Waals surface area contributed by atoms with Gasteiger partial charge >= 0.3 is 0 Å². The Kier molecular flexibility index (Phi) is 5.53. The maximum absolute atomic E-state index is 13.0. The van der Waals surface area contributed by atoms with E-state index in [1.807, 2.05) is 48.5 Å². The largest absolute Gasteiger partial charge is 0.497 e. The molecule has 8 heteroatoms. The second-order valence-corrected chi connectivity index (χ2v) is 8.62. The lowest BCUT2D eigenvalue weighted by atomic mass is 10.0. The molecule has 1 aromatic heterocycles. The molecule has 0 spiro atoms. The van der Waals surface area contributed by atoms with Gasteiger partial charge in [-0.25, -0.2) is 0 Å². The van der Waals surface area contributed by atoms with Gasteiger partial charge in [-0.05, 0) is 42.0 Å². The first kappa shape index (κ1) is 20.4. The lowest BCUT2D eigenvalue weighted by Gasteiger charge is -2.18. The van der Waals surface area contributed by atoms with Crippen molar-refractivity contribution in [1.82, 2.24) is 9.13 Å². The number of hydrogen-bond donors (Lipinski definition) is 1. The van der Waals surface area contributed by atoms with Gasteiger partial charge in [0.2, 0.25) is 5.88 Å². The summed E-state index contributed by atoms with van der Waals surface area (Å²) >= 11 is 6.95. The summed E-state index contributed by atoms with van der Waals surface area (Å²) in [7, 11) is 4.88. The number of rotatable bonds is 3. The van der Waals surface area contributed by atoms with Crippen LogP contribution < -0.4 is 10.3 Å². The lowest BCUT2D eigenvalue weighted by Crippen LogP contribution is -2.29. The van der Waals surface area contributed by atoms with Crippen LogP contribution >= 0.6 is 24.0 Å². The van der Waals surface area contributed by atoms with E-state index in [0.717, 1.165) is 21.9 Å². The molecular weight excluding hydrogens is 418 g/mol. The Morgan fingerprint density at radius 1 is 1.13 bits per heavy atom. The van der Waals surface area contributed by atoms with E-state index in [0.29, 0.717) is 12.1 Å². The third-order valence-corrected chi connectivity index (χ3v) is 7.05. The molecule has 1 atom stereocenters. The van der Waals surface area contributed by atoms with Crippen LogP contribution in [0.3, 0.4) is 0 Å². The molecule has 154 valence electrons. The summed E-state index contributed by atoms with van der Waals surface area (Å²) in [6, 6.07) is 15.7.